The molecule has 1 atom stereocenters. The van der Waals surface area contributed by atoms with E-state index >= 15 is 0 Å². The van der Waals surface area contributed by atoms with Crippen molar-refractivity contribution in [2.24, 2.45) is 0 Å². The summed E-state index contributed by atoms with van der Waals surface area (Å²) in [4.78, 5) is 21.2. The number of ether oxygens (including phenoxy) is 1. The minimum atomic E-state index is -0.270. The summed E-state index contributed by atoms with van der Waals surface area (Å²) in [5.74, 6) is 1.47. The van der Waals surface area contributed by atoms with Gasteiger partial charge in [-0.15, -0.1) is 0 Å². The number of aromatic nitrogens is 3. The molecule has 0 aliphatic carbocycles. The average molecular weight is 425 g/mol. The molecule has 0 fully saturated rings. The van der Waals surface area contributed by atoms with Gasteiger partial charge in [-0.3, -0.25) is 4.79 Å². The Morgan fingerprint density at radius 1 is 1.03 bits per heavy atom. The number of fused-ring (bicyclic) bond motifs is 2. The van der Waals surface area contributed by atoms with E-state index in [1.165, 1.54) is 0 Å². The van der Waals surface area contributed by atoms with Gasteiger partial charge in [0.15, 0.2) is 0 Å². The largest absolute Gasteiger partial charge is 0.496 e. The van der Waals surface area contributed by atoms with Crippen LogP contribution in [-0.2, 0) is 17.8 Å². The van der Waals surface area contributed by atoms with Gasteiger partial charge in [0.2, 0.25) is 5.91 Å². The first-order valence-electron chi connectivity index (χ1n) is 10.6. The molecule has 5 rings (SSSR count). The zero-order chi connectivity index (χ0) is 21.9. The third-order valence-corrected chi connectivity index (χ3v) is 5.66. The van der Waals surface area contributed by atoms with Crippen LogP contribution in [0.1, 0.15) is 17.4 Å². The minimum Gasteiger partial charge on any atom is -0.496 e. The number of imidazole rings is 1. The van der Waals surface area contributed by atoms with E-state index in [1.807, 2.05) is 77.5 Å². The molecule has 2 N–H and O–H groups in total. The number of aromatic amines is 1. The molecule has 2 aromatic heterocycles. The molecular weight excluding hydrogens is 400 g/mol. The van der Waals surface area contributed by atoms with E-state index in [0.717, 1.165) is 39.1 Å². The lowest BCUT2D eigenvalue weighted by Gasteiger charge is -2.17. The molecule has 6 nitrogen and oxygen atoms in total. The Bertz CT molecular complexity index is 1340. The number of benzene rings is 3. The number of carbonyl (C=O) groups is 1. The van der Waals surface area contributed by atoms with Crippen LogP contribution in [0, 0.1) is 0 Å². The van der Waals surface area contributed by atoms with Crippen LogP contribution in [0.25, 0.3) is 21.9 Å². The van der Waals surface area contributed by atoms with Crippen LogP contribution in [-0.4, -0.2) is 27.6 Å². The maximum atomic E-state index is 13.1. The normalized spacial score (nSPS) is 12.2. The van der Waals surface area contributed by atoms with Crippen molar-refractivity contribution in [1.29, 1.82) is 0 Å². The number of carbonyl (C=O) groups excluding carboxylic acids is 1. The van der Waals surface area contributed by atoms with Gasteiger partial charge >= 0.3 is 0 Å². The van der Waals surface area contributed by atoms with E-state index < -0.39 is 0 Å². The van der Waals surface area contributed by atoms with E-state index in [2.05, 4.69) is 22.4 Å². The Hall–Kier alpha value is -4.06. The summed E-state index contributed by atoms with van der Waals surface area (Å²) in [7, 11) is 1.65. The second kappa shape index (κ2) is 8.59. The van der Waals surface area contributed by atoms with Gasteiger partial charge in [-0.2, -0.15) is 0 Å². The van der Waals surface area contributed by atoms with E-state index in [9.17, 15) is 4.79 Å². The Morgan fingerprint density at radius 2 is 1.84 bits per heavy atom. The van der Waals surface area contributed by atoms with Crippen molar-refractivity contribution in [3.63, 3.8) is 0 Å². The molecule has 0 spiro atoms. The fraction of sp³-hybridized carbons (Fsp3) is 0.154. The van der Waals surface area contributed by atoms with Crippen LogP contribution >= 0.6 is 0 Å². The topological polar surface area (TPSA) is 71.9 Å². The Morgan fingerprint density at radius 3 is 2.66 bits per heavy atom. The van der Waals surface area contributed by atoms with Crippen molar-refractivity contribution in [1.82, 2.24) is 19.9 Å². The molecule has 0 saturated carbocycles. The smallest absolute Gasteiger partial charge is 0.240 e. The van der Waals surface area contributed by atoms with Crippen molar-refractivity contribution in [3.05, 3.63) is 96.4 Å². The Kier molecular flexibility index (Phi) is 5.34. The number of para-hydroxylation sites is 2. The van der Waals surface area contributed by atoms with Gasteiger partial charge in [0, 0.05) is 11.6 Å². The highest BCUT2D eigenvalue weighted by Gasteiger charge is 2.20. The first-order chi connectivity index (χ1) is 15.7. The van der Waals surface area contributed by atoms with Gasteiger partial charge in [-0.1, -0.05) is 48.5 Å². The van der Waals surface area contributed by atoms with Crippen molar-refractivity contribution >= 4 is 27.8 Å². The molecule has 5 aromatic rings. The molecular formula is C26H24N4O2. The zero-order valence-corrected chi connectivity index (χ0v) is 17.8. The van der Waals surface area contributed by atoms with Gasteiger partial charge in [0.05, 0.1) is 29.7 Å². The lowest BCUT2D eigenvalue weighted by atomic mass is 10.1. The number of hydrogen-bond acceptors (Lipinski definition) is 3. The van der Waals surface area contributed by atoms with E-state index in [0.29, 0.717) is 6.42 Å². The molecule has 0 bridgehead atoms. The third kappa shape index (κ3) is 3.95. The molecule has 32 heavy (non-hydrogen) atoms. The van der Waals surface area contributed by atoms with Gasteiger partial charge in [0.25, 0.3) is 0 Å². The second-order valence-electron chi connectivity index (χ2n) is 7.79. The summed E-state index contributed by atoms with van der Waals surface area (Å²) < 4.78 is 7.37. The fourth-order valence-corrected chi connectivity index (χ4v) is 4.11. The third-order valence-electron chi connectivity index (χ3n) is 5.66. The highest BCUT2D eigenvalue weighted by molar-refractivity contribution is 5.88. The zero-order valence-electron chi connectivity index (χ0n) is 17.8. The molecule has 0 unspecified atom stereocenters. The summed E-state index contributed by atoms with van der Waals surface area (Å²) in [6, 6.07) is 25.6. The molecule has 0 aliphatic rings. The number of H-pyrrole nitrogens is 1. The molecule has 3 aromatic carbocycles. The van der Waals surface area contributed by atoms with E-state index in [4.69, 9.17) is 9.72 Å². The number of rotatable bonds is 7. The maximum absolute atomic E-state index is 13.1. The van der Waals surface area contributed by atoms with Crippen molar-refractivity contribution in [2.75, 3.05) is 7.11 Å². The number of nitrogens with zero attached hydrogens (tertiary/aromatic N) is 2. The van der Waals surface area contributed by atoms with Crippen LogP contribution in [0.3, 0.4) is 0 Å². The molecule has 0 radical (unpaired) electrons. The highest BCUT2D eigenvalue weighted by Crippen LogP contribution is 2.26. The van der Waals surface area contributed by atoms with Crippen LogP contribution in [0.15, 0.2) is 85.1 Å². The van der Waals surface area contributed by atoms with Gasteiger partial charge in [-0.25, -0.2) is 4.98 Å². The molecule has 0 saturated heterocycles. The fourth-order valence-electron chi connectivity index (χ4n) is 4.11. The summed E-state index contributed by atoms with van der Waals surface area (Å²) >= 11 is 0. The first kappa shape index (κ1) is 19.9. The van der Waals surface area contributed by atoms with Crippen molar-refractivity contribution < 1.29 is 9.53 Å². The van der Waals surface area contributed by atoms with Crippen molar-refractivity contribution in [2.45, 2.75) is 19.0 Å². The quantitative estimate of drug-likeness (QED) is 0.400. The van der Waals surface area contributed by atoms with E-state index in [1.54, 1.807) is 7.11 Å². The lowest BCUT2D eigenvalue weighted by Crippen LogP contribution is -2.33. The summed E-state index contributed by atoms with van der Waals surface area (Å²) in [6.07, 6.45) is 2.56. The molecule has 2 heterocycles. The number of methoxy groups -OCH3 is 1. The number of amides is 1. The van der Waals surface area contributed by atoms with Crippen molar-refractivity contribution in [3.8, 4) is 5.75 Å². The van der Waals surface area contributed by atoms with Gasteiger partial charge in [-0.05, 0) is 42.3 Å². The predicted octanol–water partition coefficient (Wildman–Crippen LogP) is 4.63. The Labute approximate surface area is 185 Å². The maximum Gasteiger partial charge on any atom is 0.240 e. The SMILES string of the molecule is COc1cccc2c1ccn2CC(=O)N[C@H](Cc1ccccc1)c1nc2ccccc2[nH]1. The van der Waals surface area contributed by atoms with Gasteiger partial charge < -0.3 is 19.6 Å². The molecule has 1 amide bonds. The standard InChI is InChI=1S/C26H24N4O2/c1-32-24-13-7-12-23-19(24)14-15-30(23)17-25(31)27-22(16-18-8-3-2-4-9-18)26-28-20-10-5-6-11-21(20)29-26/h2-15,22H,16-17H2,1H3,(H,27,31)(H,28,29)/t22-/m1/s1. The Balaban J connectivity index is 1.41. The first-order valence-corrected chi connectivity index (χ1v) is 10.6. The minimum absolute atomic E-state index is 0.0771. The second-order valence-corrected chi connectivity index (χ2v) is 7.79. The summed E-state index contributed by atoms with van der Waals surface area (Å²) in [6.45, 7) is 0.211. The number of hydrogen-bond donors (Lipinski definition) is 2. The summed E-state index contributed by atoms with van der Waals surface area (Å²) in [5, 5.41) is 4.18. The predicted molar refractivity (Wildman–Crippen MR) is 126 cm³/mol. The van der Waals surface area contributed by atoms with Crippen LogP contribution in [0.5, 0.6) is 5.75 Å². The number of nitrogens with one attached hydrogen (secondary N) is 2. The highest BCUT2D eigenvalue weighted by atomic mass is 16.5. The summed E-state index contributed by atoms with van der Waals surface area (Å²) in [5.41, 5.74) is 3.94. The molecule has 6 heteroatoms. The van der Waals surface area contributed by atoms with Crippen LogP contribution in [0.4, 0.5) is 0 Å². The molecule has 0 aliphatic heterocycles. The monoisotopic (exact) mass is 424 g/mol. The van der Waals surface area contributed by atoms with Crippen LogP contribution in [0.2, 0.25) is 0 Å². The average Bonchev–Trinajstić information content (AvgIpc) is 3.43. The lowest BCUT2D eigenvalue weighted by molar-refractivity contribution is -0.122. The molecule has 160 valence electrons. The van der Waals surface area contributed by atoms with Crippen LogP contribution < -0.4 is 10.1 Å². The van der Waals surface area contributed by atoms with Gasteiger partial charge in [0.1, 0.15) is 18.1 Å². The van der Waals surface area contributed by atoms with E-state index in [-0.39, 0.29) is 18.5 Å².